The zero-order valence-electron chi connectivity index (χ0n) is 18.3. The maximum absolute atomic E-state index is 13.4. The third-order valence-corrected chi connectivity index (χ3v) is 8.16. The molecule has 34 heavy (non-hydrogen) atoms. The van der Waals surface area contributed by atoms with Crippen LogP contribution in [0.25, 0.3) is 0 Å². The predicted octanol–water partition coefficient (Wildman–Crippen LogP) is 3.09. The number of benzene rings is 1. The molecule has 2 aromatic rings. The van der Waals surface area contributed by atoms with Crippen LogP contribution in [0.3, 0.4) is 0 Å². The minimum Gasteiger partial charge on any atom is -0.345 e. The van der Waals surface area contributed by atoms with E-state index in [0.717, 1.165) is 0 Å². The average Bonchev–Trinajstić information content (AvgIpc) is 3.15. The van der Waals surface area contributed by atoms with Crippen LogP contribution in [0.15, 0.2) is 35.6 Å². The number of anilines is 2. The van der Waals surface area contributed by atoms with E-state index in [0.29, 0.717) is 38.2 Å². The molecule has 1 unspecified atom stereocenters. The molecule has 0 aliphatic carbocycles. The summed E-state index contributed by atoms with van der Waals surface area (Å²) in [6.45, 7) is 3.52. The highest BCUT2D eigenvalue weighted by atomic mass is 79.9. The molecule has 9 nitrogen and oxygen atoms in total. The van der Waals surface area contributed by atoms with Crippen LogP contribution >= 0.6 is 27.5 Å². The normalized spacial score (nSPS) is 23.5. The van der Waals surface area contributed by atoms with Gasteiger partial charge in [-0.15, -0.1) is 0 Å². The lowest BCUT2D eigenvalue weighted by Crippen LogP contribution is -2.61. The van der Waals surface area contributed by atoms with E-state index >= 15 is 0 Å². The summed E-state index contributed by atoms with van der Waals surface area (Å²) >= 11 is 9.62. The van der Waals surface area contributed by atoms with Crippen molar-refractivity contribution in [3.63, 3.8) is 0 Å². The molecule has 1 saturated heterocycles. The van der Waals surface area contributed by atoms with E-state index in [4.69, 9.17) is 11.6 Å². The van der Waals surface area contributed by atoms with Crippen LogP contribution in [0.2, 0.25) is 5.02 Å². The molecule has 2 amide bonds. The van der Waals surface area contributed by atoms with Crippen molar-refractivity contribution in [3.05, 3.63) is 52.2 Å². The first-order valence-corrected chi connectivity index (χ1v) is 12.9. The first-order chi connectivity index (χ1) is 16.1. The van der Waals surface area contributed by atoms with Gasteiger partial charge in [-0.1, -0.05) is 11.6 Å². The third-order valence-electron chi connectivity index (χ3n) is 5.46. The van der Waals surface area contributed by atoms with Crippen LogP contribution in [0.1, 0.15) is 34.8 Å². The molecule has 0 spiro atoms. The molecular weight excluding hydrogens is 544 g/mol. The van der Waals surface area contributed by atoms with Crippen molar-refractivity contribution in [1.29, 1.82) is 5.26 Å². The fraction of sp³-hybridized carbons (Fsp3) is 0.318. The molecule has 176 valence electrons. The van der Waals surface area contributed by atoms with Gasteiger partial charge in [-0.05, 0) is 59.6 Å². The third kappa shape index (κ3) is 4.85. The lowest BCUT2D eigenvalue weighted by molar-refractivity contribution is -0.117. The van der Waals surface area contributed by atoms with Gasteiger partial charge in [0.05, 0.1) is 33.4 Å². The van der Waals surface area contributed by atoms with Crippen LogP contribution in [0, 0.1) is 18.3 Å². The van der Waals surface area contributed by atoms with Crippen LogP contribution in [0.5, 0.6) is 0 Å². The highest BCUT2D eigenvalue weighted by molar-refractivity contribution is 9.18. The van der Waals surface area contributed by atoms with Gasteiger partial charge in [0.2, 0.25) is 5.91 Å². The number of carbonyl (C=O) groups excluding carboxylic acids is 2. The molecule has 1 aromatic heterocycles. The lowest BCUT2D eigenvalue weighted by atomic mass is 10.0. The summed E-state index contributed by atoms with van der Waals surface area (Å²) in [7, 11) is -0.965. The van der Waals surface area contributed by atoms with Crippen molar-refractivity contribution >= 4 is 66.3 Å². The molecule has 4 rings (SSSR count). The second-order valence-electron chi connectivity index (χ2n) is 8.41. The number of halogens is 2. The van der Waals surface area contributed by atoms with Gasteiger partial charge in [-0.2, -0.15) is 10.4 Å². The Morgan fingerprint density at radius 1 is 1.38 bits per heavy atom. The summed E-state index contributed by atoms with van der Waals surface area (Å²) in [5.41, 5.74) is 0.693. The van der Waals surface area contributed by atoms with Crippen LogP contribution in [-0.4, -0.2) is 48.7 Å². The first-order valence-electron chi connectivity index (χ1n) is 10.3. The lowest BCUT2D eigenvalue weighted by Gasteiger charge is -2.38. The van der Waals surface area contributed by atoms with E-state index < -0.39 is 34.2 Å². The Morgan fingerprint density at radius 2 is 2.12 bits per heavy atom. The van der Waals surface area contributed by atoms with Crippen molar-refractivity contribution < 1.29 is 13.8 Å². The molecule has 1 aromatic carbocycles. The zero-order valence-corrected chi connectivity index (χ0v) is 21.4. The monoisotopic (exact) mass is 562 g/mol. The highest BCUT2D eigenvalue weighted by Gasteiger charge is 2.40. The van der Waals surface area contributed by atoms with Gasteiger partial charge >= 0.3 is 0 Å². The number of amides is 2. The molecule has 1 atom stereocenters. The number of carbonyl (C=O) groups is 2. The minimum absolute atomic E-state index is 0.157. The number of nitrogens with zero attached hydrogens (tertiary/aromatic N) is 4. The summed E-state index contributed by atoms with van der Waals surface area (Å²) < 4.78 is 12.1. The molecule has 2 N–H and O–H groups in total. The summed E-state index contributed by atoms with van der Waals surface area (Å²) in [6.07, 6.45) is 1.83. The van der Waals surface area contributed by atoms with Crippen molar-refractivity contribution in [3.8, 4) is 6.07 Å². The van der Waals surface area contributed by atoms with Gasteiger partial charge in [0.1, 0.15) is 10.7 Å². The van der Waals surface area contributed by atoms with Crippen molar-refractivity contribution in [1.82, 2.24) is 10.3 Å². The maximum atomic E-state index is 13.4. The number of nitrogens with one attached hydrogen (secondary N) is 2. The molecule has 3 heterocycles. The quantitative estimate of drug-likeness (QED) is 0.575. The van der Waals surface area contributed by atoms with E-state index in [1.807, 2.05) is 13.0 Å². The van der Waals surface area contributed by atoms with Gasteiger partial charge in [-0.3, -0.25) is 13.8 Å². The van der Waals surface area contributed by atoms with E-state index in [2.05, 4.69) is 36.6 Å². The molecule has 12 heteroatoms. The van der Waals surface area contributed by atoms with E-state index in [1.165, 1.54) is 11.1 Å². The fourth-order valence-corrected chi connectivity index (χ4v) is 6.07. The molecule has 1 fully saturated rings. The topological polar surface area (TPSA) is 128 Å². The Hall–Kier alpha value is -2.81. The second kappa shape index (κ2) is 9.44. The standard InChI is InChI=1S/C22H20BrClN6O3S/c1-12-6-13(9-25)7-14(20(31)28-22(2)10-34(33)11-22)18(12)27-21(32)16-8-17(23)29-30(16)19-15(24)4-3-5-26-19/h3-7,16H,8,10-11H2,1-2H3,(H,27,32)(H,28,31). The summed E-state index contributed by atoms with van der Waals surface area (Å²) in [5.74, 6) is 0.162. The van der Waals surface area contributed by atoms with Gasteiger partial charge in [0.15, 0.2) is 5.82 Å². The summed E-state index contributed by atoms with van der Waals surface area (Å²) in [5, 5.41) is 21.3. The zero-order chi connectivity index (χ0) is 24.6. The van der Waals surface area contributed by atoms with Gasteiger partial charge in [0.25, 0.3) is 5.91 Å². The summed E-state index contributed by atoms with van der Waals surface area (Å²) in [4.78, 5) is 30.8. The van der Waals surface area contributed by atoms with Crippen LogP contribution in [-0.2, 0) is 15.6 Å². The smallest absolute Gasteiger partial charge is 0.253 e. The molecule has 2 aliphatic rings. The van der Waals surface area contributed by atoms with Gasteiger partial charge < -0.3 is 10.6 Å². The predicted molar refractivity (Wildman–Crippen MR) is 135 cm³/mol. The number of hydrogen-bond donors (Lipinski definition) is 2. The maximum Gasteiger partial charge on any atom is 0.253 e. The van der Waals surface area contributed by atoms with Crippen molar-refractivity contribution in [2.24, 2.45) is 5.10 Å². The molecule has 0 radical (unpaired) electrons. The number of hydrazone groups is 1. The van der Waals surface area contributed by atoms with Gasteiger partial charge in [-0.25, -0.2) is 9.99 Å². The van der Waals surface area contributed by atoms with E-state index in [1.54, 1.807) is 31.3 Å². The van der Waals surface area contributed by atoms with Crippen molar-refractivity contribution in [2.45, 2.75) is 31.8 Å². The van der Waals surface area contributed by atoms with Crippen LogP contribution in [0.4, 0.5) is 11.5 Å². The Labute approximate surface area is 212 Å². The SMILES string of the molecule is Cc1cc(C#N)cc(C(=O)NC2(C)CS(=O)C2)c1NC(=O)C1CC(Br)=NN1c1ncccc1Cl. The van der Waals surface area contributed by atoms with Crippen LogP contribution < -0.4 is 15.6 Å². The molecule has 0 bridgehead atoms. The molecule has 0 saturated carbocycles. The first kappa shape index (κ1) is 24.3. The van der Waals surface area contributed by atoms with E-state index in [9.17, 15) is 19.1 Å². The Kier molecular flexibility index (Phi) is 6.75. The Balaban J connectivity index is 1.63. The summed E-state index contributed by atoms with van der Waals surface area (Å²) in [6, 6.07) is 7.64. The highest BCUT2D eigenvalue weighted by Crippen LogP contribution is 2.32. The number of nitriles is 1. The number of aromatic nitrogens is 1. The average molecular weight is 564 g/mol. The number of pyridine rings is 1. The van der Waals surface area contributed by atoms with Crippen molar-refractivity contribution in [2.75, 3.05) is 21.8 Å². The van der Waals surface area contributed by atoms with Gasteiger partial charge in [0, 0.05) is 34.9 Å². The minimum atomic E-state index is -0.965. The second-order valence-corrected chi connectivity index (χ2v) is 11.2. The Bertz CT molecular complexity index is 1290. The largest absolute Gasteiger partial charge is 0.345 e. The molecular formula is C22H20BrClN6O3S. The number of aryl methyl sites for hydroxylation is 1. The fourth-order valence-electron chi connectivity index (χ4n) is 3.90. The molecule has 2 aliphatic heterocycles. The Morgan fingerprint density at radius 3 is 2.76 bits per heavy atom. The van der Waals surface area contributed by atoms with E-state index in [-0.39, 0.29) is 17.5 Å². The number of rotatable bonds is 5. The number of hydrogen-bond acceptors (Lipinski definition) is 7.